The summed E-state index contributed by atoms with van der Waals surface area (Å²) in [5, 5.41) is 3.05. The molecule has 0 atom stereocenters. The predicted octanol–water partition coefficient (Wildman–Crippen LogP) is 1.46. The van der Waals surface area contributed by atoms with Crippen LogP contribution in [0.25, 0.3) is 0 Å². The van der Waals surface area contributed by atoms with E-state index in [0.29, 0.717) is 10.3 Å². The fourth-order valence-electron chi connectivity index (χ4n) is 0.842. The minimum atomic E-state index is 0.692. The van der Waals surface area contributed by atoms with Gasteiger partial charge in [-0.1, -0.05) is 12.2 Å². The van der Waals surface area contributed by atoms with Crippen LogP contribution in [0.4, 0.5) is 5.69 Å². The van der Waals surface area contributed by atoms with Crippen molar-refractivity contribution in [2.24, 2.45) is 0 Å². The topological polar surface area (TPSA) is 46.7 Å². The Hall–Kier alpha value is -0.770. The lowest BCUT2D eigenvalue weighted by Gasteiger charge is -1.92. The summed E-state index contributed by atoms with van der Waals surface area (Å²) in [6.07, 6.45) is 0. The molecule has 0 fully saturated rings. The first kappa shape index (κ1) is 7.34. The number of hydrogen-bond donors (Lipinski definition) is 2. The lowest BCUT2D eigenvalue weighted by molar-refractivity contribution is 0.645. The molecular weight excluding hydrogens is 146 g/mol. The molecule has 1 rings (SSSR count). The van der Waals surface area contributed by atoms with Gasteiger partial charge in [-0.3, -0.25) is 9.78 Å². The maximum Gasteiger partial charge on any atom is 0.145 e. The van der Waals surface area contributed by atoms with Crippen molar-refractivity contribution in [3.05, 3.63) is 10.3 Å². The molecule has 0 aromatic carbocycles. The lowest BCUT2D eigenvalue weighted by Crippen LogP contribution is -1.95. The fraction of sp³-hybridized carbons (Fsp3) is 0.500. The number of H-pyrrole nitrogens is 1. The molecule has 10 heavy (non-hydrogen) atoms. The molecule has 0 aliphatic heterocycles. The monoisotopic (exact) mass is 157 g/mol. The molecule has 1 aromatic rings. The normalized spacial score (nSPS) is 10.2. The van der Waals surface area contributed by atoms with E-state index in [1.165, 1.54) is 0 Å². The molecule has 3 nitrogen and oxygen atoms in total. The fourth-order valence-corrected chi connectivity index (χ4v) is 1.17. The Kier molecular flexibility index (Phi) is 1.80. The molecule has 0 radical (unpaired) electrons. The molecule has 0 spiro atoms. The first-order chi connectivity index (χ1) is 4.66. The quantitative estimate of drug-likeness (QED) is 0.606. The summed E-state index contributed by atoms with van der Waals surface area (Å²) in [5.74, 6) is 0. The molecular formula is C6H11N3S. The molecule has 0 bridgehead atoms. The van der Waals surface area contributed by atoms with E-state index in [2.05, 4.69) is 5.10 Å². The zero-order chi connectivity index (χ0) is 7.72. The lowest BCUT2D eigenvalue weighted by atomic mass is 10.4. The van der Waals surface area contributed by atoms with E-state index in [-0.39, 0.29) is 0 Å². The summed E-state index contributed by atoms with van der Waals surface area (Å²) < 4.78 is 2.56. The zero-order valence-corrected chi connectivity index (χ0v) is 6.96. The van der Waals surface area contributed by atoms with E-state index < -0.39 is 0 Å². The standard InChI is InChI=1S/C6H11N3S/c1-3-9-6(10)5(7)4(2)8-9/h8H,3,7H2,1-2H3. The van der Waals surface area contributed by atoms with Crippen molar-refractivity contribution >= 4 is 17.9 Å². The van der Waals surface area contributed by atoms with Gasteiger partial charge in [-0.05, 0) is 13.8 Å². The summed E-state index contributed by atoms with van der Waals surface area (Å²) in [5.41, 5.74) is 7.26. The Morgan fingerprint density at radius 3 is 2.50 bits per heavy atom. The highest BCUT2D eigenvalue weighted by molar-refractivity contribution is 7.71. The molecule has 4 heteroatoms. The van der Waals surface area contributed by atoms with Crippen LogP contribution in [-0.4, -0.2) is 9.78 Å². The first-order valence-corrected chi connectivity index (χ1v) is 3.62. The van der Waals surface area contributed by atoms with Crippen molar-refractivity contribution in [1.82, 2.24) is 9.78 Å². The van der Waals surface area contributed by atoms with Gasteiger partial charge in [-0.2, -0.15) is 0 Å². The third-order valence-corrected chi connectivity index (χ3v) is 1.94. The van der Waals surface area contributed by atoms with Crippen molar-refractivity contribution in [2.75, 3.05) is 5.73 Å². The number of rotatable bonds is 1. The van der Waals surface area contributed by atoms with Crippen LogP contribution in [0.3, 0.4) is 0 Å². The van der Waals surface area contributed by atoms with Gasteiger partial charge in [-0.15, -0.1) is 0 Å². The molecule has 0 saturated heterocycles. The van der Waals surface area contributed by atoms with Crippen LogP contribution in [0, 0.1) is 11.6 Å². The molecule has 1 heterocycles. The van der Waals surface area contributed by atoms with Crippen LogP contribution in [0.15, 0.2) is 0 Å². The van der Waals surface area contributed by atoms with Crippen molar-refractivity contribution in [3.63, 3.8) is 0 Å². The zero-order valence-electron chi connectivity index (χ0n) is 6.14. The van der Waals surface area contributed by atoms with Gasteiger partial charge in [-0.25, -0.2) is 0 Å². The number of nitrogens with two attached hydrogens (primary N) is 1. The van der Waals surface area contributed by atoms with Crippen LogP contribution in [0.2, 0.25) is 0 Å². The van der Waals surface area contributed by atoms with Gasteiger partial charge in [0.15, 0.2) is 0 Å². The molecule has 56 valence electrons. The van der Waals surface area contributed by atoms with E-state index in [1.54, 1.807) is 0 Å². The van der Waals surface area contributed by atoms with Gasteiger partial charge in [0.05, 0.1) is 11.4 Å². The summed E-state index contributed by atoms with van der Waals surface area (Å²) >= 11 is 5.02. The number of nitrogens with zero attached hydrogens (tertiary/aromatic N) is 1. The maximum absolute atomic E-state index is 5.62. The smallest absolute Gasteiger partial charge is 0.145 e. The minimum Gasteiger partial charge on any atom is -0.395 e. The summed E-state index contributed by atoms with van der Waals surface area (Å²) in [6.45, 7) is 4.78. The highest BCUT2D eigenvalue weighted by Crippen LogP contribution is 2.09. The third-order valence-electron chi connectivity index (χ3n) is 1.50. The number of nitrogen functional groups attached to an aromatic ring is 1. The van der Waals surface area contributed by atoms with Gasteiger partial charge in [0.2, 0.25) is 0 Å². The van der Waals surface area contributed by atoms with Crippen LogP contribution in [0.1, 0.15) is 12.6 Å². The third kappa shape index (κ3) is 0.945. The second-order valence-electron chi connectivity index (χ2n) is 2.20. The number of nitrogens with one attached hydrogen (secondary N) is 1. The van der Waals surface area contributed by atoms with E-state index in [0.717, 1.165) is 12.2 Å². The van der Waals surface area contributed by atoms with Gasteiger partial charge in [0.25, 0.3) is 0 Å². The Morgan fingerprint density at radius 1 is 1.70 bits per heavy atom. The van der Waals surface area contributed by atoms with Crippen molar-refractivity contribution in [3.8, 4) is 0 Å². The number of anilines is 1. The molecule has 3 N–H and O–H groups in total. The van der Waals surface area contributed by atoms with Crippen LogP contribution in [-0.2, 0) is 6.54 Å². The van der Waals surface area contributed by atoms with Gasteiger partial charge < -0.3 is 5.73 Å². The summed E-state index contributed by atoms with van der Waals surface area (Å²) in [4.78, 5) is 0. The summed E-state index contributed by atoms with van der Waals surface area (Å²) in [6, 6.07) is 0. The van der Waals surface area contributed by atoms with Crippen molar-refractivity contribution in [1.29, 1.82) is 0 Å². The number of aromatic nitrogens is 2. The van der Waals surface area contributed by atoms with Crippen LogP contribution in [0.5, 0.6) is 0 Å². The predicted molar refractivity (Wildman–Crippen MR) is 44.4 cm³/mol. The van der Waals surface area contributed by atoms with E-state index in [1.807, 2.05) is 18.5 Å². The minimum absolute atomic E-state index is 0.692. The highest BCUT2D eigenvalue weighted by atomic mass is 32.1. The van der Waals surface area contributed by atoms with E-state index >= 15 is 0 Å². The number of aromatic amines is 1. The van der Waals surface area contributed by atoms with E-state index in [4.69, 9.17) is 18.0 Å². The number of aryl methyl sites for hydroxylation is 2. The molecule has 0 unspecified atom stereocenters. The SMILES string of the molecule is CCn1[nH]c(C)c(N)c1=S. The van der Waals surface area contributed by atoms with Crippen LogP contribution < -0.4 is 5.73 Å². The van der Waals surface area contributed by atoms with Gasteiger partial charge in [0, 0.05) is 6.54 Å². The van der Waals surface area contributed by atoms with Crippen molar-refractivity contribution in [2.45, 2.75) is 20.4 Å². The Labute approximate surface area is 64.8 Å². The van der Waals surface area contributed by atoms with E-state index in [9.17, 15) is 0 Å². The first-order valence-electron chi connectivity index (χ1n) is 3.21. The second kappa shape index (κ2) is 2.46. The molecule has 0 aliphatic carbocycles. The molecule has 0 amide bonds. The molecule has 1 aromatic heterocycles. The Balaban J connectivity index is 3.31. The van der Waals surface area contributed by atoms with Gasteiger partial charge >= 0.3 is 0 Å². The van der Waals surface area contributed by atoms with Crippen LogP contribution >= 0.6 is 12.2 Å². The second-order valence-corrected chi connectivity index (χ2v) is 2.59. The number of hydrogen-bond acceptors (Lipinski definition) is 2. The van der Waals surface area contributed by atoms with Crippen molar-refractivity contribution < 1.29 is 0 Å². The Morgan fingerprint density at radius 2 is 2.30 bits per heavy atom. The van der Waals surface area contributed by atoms with Gasteiger partial charge in [0.1, 0.15) is 4.64 Å². The average Bonchev–Trinajstić information content (AvgIpc) is 2.17. The average molecular weight is 157 g/mol. The molecule has 0 saturated carbocycles. The summed E-state index contributed by atoms with van der Waals surface area (Å²) in [7, 11) is 0. The Bertz CT molecular complexity index is 284. The highest BCUT2D eigenvalue weighted by Gasteiger charge is 2.00. The largest absolute Gasteiger partial charge is 0.395 e. The molecule has 0 aliphatic rings. The maximum atomic E-state index is 5.62.